The lowest BCUT2D eigenvalue weighted by Gasteiger charge is -2.25. The number of nitrogens with one attached hydrogen (secondary N) is 1. The van der Waals surface area contributed by atoms with E-state index < -0.39 is 0 Å². The molecule has 0 saturated carbocycles. The molecule has 1 aromatic heterocycles. The third-order valence-electron chi connectivity index (χ3n) is 4.97. The topological polar surface area (TPSA) is 45.5 Å². The smallest absolute Gasteiger partial charge is 0.287 e. The van der Waals surface area contributed by atoms with Crippen LogP contribution in [-0.4, -0.2) is 31.4 Å². The van der Waals surface area contributed by atoms with Crippen molar-refractivity contribution in [2.75, 3.05) is 20.6 Å². The lowest BCUT2D eigenvalue weighted by atomic mass is 10.0. The zero-order valence-electron chi connectivity index (χ0n) is 16.4. The van der Waals surface area contributed by atoms with Crippen LogP contribution in [0, 0.1) is 20.8 Å². The number of rotatable bonds is 5. The quantitative estimate of drug-likeness (QED) is 0.669. The van der Waals surface area contributed by atoms with Crippen molar-refractivity contribution in [3.63, 3.8) is 0 Å². The number of hydrogen-bond donors (Lipinski definition) is 1. The maximum atomic E-state index is 12.8. The normalized spacial score (nSPS) is 12.6. The summed E-state index contributed by atoms with van der Waals surface area (Å²) >= 11 is 6.22. The number of furan rings is 1. The molecule has 0 unspecified atom stereocenters. The third kappa shape index (κ3) is 4.02. The Balaban J connectivity index is 1.81. The van der Waals surface area contributed by atoms with Gasteiger partial charge in [0.15, 0.2) is 5.76 Å². The van der Waals surface area contributed by atoms with Crippen LogP contribution in [0.2, 0.25) is 5.02 Å². The second kappa shape index (κ2) is 7.75. The van der Waals surface area contributed by atoms with E-state index in [0.29, 0.717) is 22.9 Å². The Morgan fingerprint density at radius 3 is 2.44 bits per heavy atom. The van der Waals surface area contributed by atoms with Gasteiger partial charge >= 0.3 is 0 Å². The van der Waals surface area contributed by atoms with E-state index in [-0.39, 0.29) is 11.9 Å². The summed E-state index contributed by atoms with van der Waals surface area (Å²) in [6.07, 6.45) is 0. The number of hydrogen-bond acceptors (Lipinski definition) is 3. The van der Waals surface area contributed by atoms with Gasteiger partial charge in [0.2, 0.25) is 0 Å². The Labute approximate surface area is 165 Å². The van der Waals surface area contributed by atoms with E-state index in [1.54, 1.807) is 0 Å². The molecule has 1 N–H and O–H groups in total. The minimum Gasteiger partial charge on any atom is -0.451 e. The first kappa shape index (κ1) is 19.5. The predicted octanol–water partition coefficient (Wildman–Crippen LogP) is 5.04. The first-order valence-electron chi connectivity index (χ1n) is 8.98. The molecule has 0 aliphatic rings. The zero-order chi connectivity index (χ0) is 19.7. The largest absolute Gasteiger partial charge is 0.451 e. The Kier molecular flexibility index (Phi) is 5.59. The van der Waals surface area contributed by atoms with Crippen molar-refractivity contribution in [3.8, 4) is 0 Å². The molecular weight excluding hydrogens is 360 g/mol. The lowest BCUT2D eigenvalue weighted by molar-refractivity contribution is 0.0915. The van der Waals surface area contributed by atoms with E-state index in [0.717, 1.165) is 22.1 Å². The molecular formula is C22H25ClN2O2. The van der Waals surface area contributed by atoms with Gasteiger partial charge in [-0.05, 0) is 58.1 Å². The van der Waals surface area contributed by atoms with Gasteiger partial charge in [-0.1, -0.05) is 41.4 Å². The van der Waals surface area contributed by atoms with Gasteiger partial charge in [0.1, 0.15) is 5.58 Å². The van der Waals surface area contributed by atoms with Crippen LogP contribution in [0.1, 0.15) is 38.9 Å². The molecule has 4 nitrogen and oxygen atoms in total. The molecule has 1 atom stereocenters. The zero-order valence-corrected chi connectivity index (χ0v) is 17.1. The fourth-order valence-electron chi connectivity index (χ4n) is 3.21. The molecule has 2 aromatic carbocycles. The summed E-state index contributed by atoms with van der Waals surface area (Å²) in [4.78, 5) is 14.9. The maximum Gasteiger partial charge on any atom is 0.287 e. The van der Waals surface area contributed by atoms with E-state index in [4.69, 9.17) is 16.0 Å². The number of carbonyl (C=O) groups excluding carboxylic acids is 1. The van der Waals surface area contributed by atoms with E-state index in [2.05, 4.69) is 41.4 Å². The Bertz CT molecular complexity index is 974. The van der Waals surface area contributed by atoms with Gasteiger partial charge in [0.05, 0.1) is 6.04 Å². The van der Waals surface area contributed by atoms with Crippen molar-refractivity contribution in [1.82, 2.24) is 10.2 Å². The van der Waals surface area contributed by atoms with Gasteiger partial charge < -0.3 is 14.6 Å². The molecule has 142 valence electrons. The highest BCUT2D eigenvalue weighted by atomic mass is 35.5. The van der Waals surface area contributed by atoms with Crippen molar-refractivity contribution in [3.05, 3.63) is 69.4 Å². The summed E-state index contributed by atoms with van der Waals surface area (Å²) in [5, 5.41) is 4.56. The van der Waals surface area contributed by atoms with E-state index in [1.165, 1.54) is 5.56 Å². The number of fused-ring (bicyclic) bond motifs is 1. The van der Waals surface area contributed by atoms with Gasteiger partial charge in [0.25, 0.3) is 5.91 Å². The van der Waals surface area contributed by atoms with Crippen LogP contribution in [-0.2, 0) is 0 Å². The van der Waals surface area contributed by atoms with Crippen molar-refractivity contribution < 1.29 is 9.21 Å². The standard InChI is InChI=1S/C22H25ClN2O2/c1-13-6-8-16(9-7-13)19(25(4)5)12-24-22(26)21-15(3)17-11-18(23)14(2)10-20(17)27-21/h6-11,19H,12H2,1-5H3,(H,24,26)/t19-/m1/s1. The fraction of sp³-hybridized carbons (Fsp3) is 0.318. The van der Waals surface area contributed by atoms with Crippen molar-refractivity contribution >= 4 is 28.5 Å². The third-order valence-corrected chi connectivity index (χ3v) is 5.37. The number of likely N-dealkylation sites (N-methyl/N-ethyl adjacent to an activating group) is 1. The van der Waals surface area contributed by atoms with Gasteiger partial charge in [-0.15, -0.1) is 0 Å². The second-order valence-corrected chi connectivity index (χ2v) is 7.66. The highest BCUT2D eigenvalue weighted by molar-refractivity contribution is 6.32. The van der Waals surface area contributed by atoms with Crippen molar-refractivity contribution in [1.29, 1.82) is 0 Å². The molecule has 1 heterocycles. The molecule has 0 aliphatic heterocycles. The van der Waals surface area contributed by atoms with E-state index >= 15 is 0 Å². The van der Waals surface area contributed by atoms with Crippen LogP contribution in [0.5, 0.6) is 0 Å². The molecule has 1 amide bonds. The maximum absolute atomic E-state index is 12.8. The van der Waals surface area contributed by atoms with Gasteiger partial charge in [-0.2, -0.15) is 0 Å². The average molecular weight is 385 g/mol. The van der Waals surface area contributed by atoms with Crippen molar-refractivity contribution in [2.24, 2.45) is 0 Å². The molecule has 0 bridgehead atoms. The highest BCUT2D eigenvalue weighted by Crippen LogP contribution is 2.30. The Morgan fingerprint density at radius 1 is 1.15 bits per heavy atom. The average Bonchev–Trinajstić information content (AvgIpc) is 2.93. The fourth-order valence-corrected chi connectivity index (χ4v) is 3.38. The van der Waals surface area contributed by atoms with Crippen LogP contribution >= 0.6 is 11.6 Å². The SMILES string of the molecule is Cc1ccc([C@@H](CNC(=O)c2oc3cc(C)c(Cl)cc3c2C)N(C)C)cc1. The van der Waals surface area contributed by atoms with Crippen LogP contribution in [0.4, 0.5) is 0 Å². The minimum atomic E-state index is -0.212. The lowest BCUT2D eigenvalue weighted by Crippen LogP contribution is -2.34. The molecule has 0 saturated heterocycles. The van der Waals surface area contributed by atoms with Gasteiger partial charge in [-0.25, -0.2) is 0 Å². The first-order chi connectivity index (χ1) is 12.8. The number of amides is 1. The highest BCUT2D eigenvalue weighted by Gasteiger charge is 2.21. The second-order valence-electron chi connectivity index (χ2n) is 7.25. The molecule has 5 heteroatoms. The molecule has 0 aliphatic carbocycles. The molecule has 3 rings (SSSR count). The molecule has 27 heavy (non-hydrogen) atoms. The number of benzene rings is 2. The predicted molar refractivity (Wildman–Crippen MR) is 111 cm³/mol. The van der Waals surface area contributed by atoms with E-state index in [1.807, 2.05) is 40.1 Å². The Hall–Kier alpha value is -2.30. The van der Waals surface area contributed by atoms with Gasteiger partial charge in [-0.3, -0.25) is 4.79 Å². The van der Waals surface area contributed by atoms with Crippen LogP contribution in [0.25, 0.3) is 11.0 Å². The van der Waals surface area contributed by atoms with Crippen LogP contribution < -0.4 is 5.32 Å². The van der Waals surface area contributed by atoms with Crippen molar-refractivity contribution in [2.45, 2.75) is 26.8 Å². The molecule has 0 spiro atoms. The molecule has 0 fully saturated rings. The summed E-state index contributed by atoms with van der Waals surface area (Å²) in [7, 11) is 4.02. The molecule has 3 aromatic rings. The minimum absolute atomic E-state index is 0.0796. The summed E-state index contributed by atoms with van der Waals surface area (Å²) in [6.45, 7) is 6.36. The molecule has 0 radical (unpaired) electrons. The summed E-state index contributed by atoms with van der Waals surface area (Å²) in [5.74, 6) is 0.129. The first-order valence-corrected chi connectivity index (χ1v) is 9.36. The summed E-state index contributed by atoms with van der Waals surface area (Å²) in [6, 6.07) is 12.2. The monoisotopic (exact) mass is 384 g/mol. The number of aryl methyl sites for hydroxylation is 3. The van der Waals surface area contributed by atoms with Crippen LogP contribution in [0.3, 0.4) is 0 Å². The number of carbonyl (C=O) groups is 1. The Morgan fingerprint density at radius 2 is 1.81 bits per heavy atom. The summed E-state index contributed by atoms with van der Waals surface area (Å²) < 4.78 is 5.83. The van der Waals surface area contributed by atoms with Crippen LogP contribution in [0.15, 0.2) is 40.8 Å². The summed E-state index contributed by atoms with van der Waals surface area (Å²) in [5.41, 5.74) is 4.79. The number of nitrogens with zero attached hydrogens (tertiary/aromatic N) is 1. The van der Waals surface area contributed by atoms with Gasteiger partial charge in [0, 0.05) is 22.5 Å². The van der Waals surface area contributed by atoms with E-state index in [9.17, 15) is 4.79 Å². The number of halogens is 1.